The minimum atomic E-state index is -3.95. The first-order valence-corrected chi connectivity index (χ1v) is 13.1. The lowest BCUT2D eigenvalue weighted by molar-refractivity contribution is -0.120. The van der Waals surface area contributed by atoms with Gasteiger partial charge in [-0.25, -0.2) is 17.5 Å². The maximum atomic E-state index is 13.3. The van der Waals surface area contributed by atoms with Crippen molar-refractivity contribution in [1.29, 1.82) is 5.26 Å². The van der Waals surface area contributed by atoms with Gasteiger partial charge in [-0.1, -0.05) is 36.4 Å². The molecule has 1 amide bonds. The Bertz CT molecular complexity index is 1420. The Hall–Kier alpha value is -3.87. The Morgan fingerprint density at radius 2 is 1.62 bits per heavy atom. The van der Waals surface area contributed by atoms with Crippen LogP contribution in [0, 0.1) is 17.1 Å². The van der Waals surface area contributed by atoms with E-state index in [0.717, 1.165) is 17.7 Å². The zero-order valence-electron chi connectivity index (χ0n) is 20.8. The average molecular weight is 522 g/mol. The number of carbonyl (C=O) groups excluding carboxylic acids is 2. The molecule has 0 saturated carbocycles. The molecule has 0 saturated heterocycles. The fraction of sp³-hybridized carbons (Fsp3) is 0.250. The summed E-state index contributed by atoms with van der Waals surface area (Å²) >= 11 is 0. The fourth-order valence-corrected chi connectivity index (χ4v) is 5.29. The quantitative estimate of drug-likeness (QED) is 0.443. The van der Waals surface area contributed by atoms with E-state index in [1.54, 1.807) is 20.8 Å². The first-order chi connectivity index (χ1) is 17.4. The van der Waals surface area contributed by atoms with Crippen LogP contribution in [0.3, 0.4) is 0 Å². The van der Waals surface area contributed by atoms with E-state index in [2.05, 4.69) is 10.0 Å². The number of halogens is 1. The summed E-state index contributed by atoms with van der Waals surface area (Å²) in [5.41, 5.74) is 0.642. The van der Waals surface area contributed by atoms with Gasteiger partial charge in [0.05, 0.1) is 16.5 Å². The Morgan fingerprint density at radius 3 is 2.22 bits per heavy atom. The number of ketones is 1. The van der Waals surface area contributed by atoms with Gasteiger partial charge in [0.1, 0.15) is 11.9 Å². The van der Waals surface area contributed by atoms with E-state index in [0.29, 0.717) is 5.56 Å². The van der Waals surface area contributed by atoms with Crippen molar-refractivity contribution in [2.45, 2.75) is 50.1 Å². The number of sulfonamides is 1. The summed E-state index contributed by atoms with van der Waals surface area (Å²) in [5.74, 6) is -1.33. The molecule has 37 heavy (non-hydrogen) atoms. The predicted octanol–water partition coefficient (Wildman–Crippen LogP) is 3.93. The lowest BCUT2D eigenvalue weighted by Crippen LogP contribution is -2.43. The number of amides is 1. The summed E-state index contributed by atoms with van der Waals surface area (Å²) in [7, 11) is -3.95. The molecule has 3 aromatic rings. The van der Waals surface area contributed by atoms with Gasteiger partial charge in [0.25, 0.3) is 5.91 Å². The van der Waals surface area contributed by atoms with E-state index in [9.17, 15) is 27.7 Å². The molecule has 0 aromatic heterocycles. The average Bonchev–Trinajstić information content (AvgIpc) is 2.83. The number of nitrogens with zero attached hydrogens (tertiary/aromatic N) is 1. The molecule has 0 spiro atoms. The standard InChI is InChI=1S/C28H28FN3O4S/c1-28(2,3)32-37(35,36)26-14-9-20(15-22(26)18-30)17-25(33)24(16-19-7-5-4-6-8-19)31-27(34)21-10-12-23(29)13-11-21/h4-15,24,32H,16-17H2,1-3H3,(H,31,34)/t24-/m0/s1. The van der Waals surface area contributed by atoms with Crippen LogP contribution < -0.4 is 10.0 Å². The molecule has 1 atom stereocenters. The van der Waals surface area contributed by atoms with Crippen LogP contribution >= 0.6 is 0 Å². The number of Topliss-reactive ketones (excluding diaryl/α,β-unsaturated/α-hetero) is 1. The number of nitriles is 1. The van der Waals surface area contributed by atoms with E-state index in [1.165, 1.54) is 30.3 Å². The first-order valence-electron chi connectivity index (χ1n) is 11.6. The van der Waals surface area contributed by atoms with Gasteiger partial charge in [0, 0.05) is 17.5 Å². The predicted molar refractivity (Wildman–Crippen MR) is 138 cm³/mol. The third-order valence-electron chi connectivity index (χ3n) is 5.36. The SMILES string of the molecule is CC(C)(C)NS(=O)(=O)c1ccc(CC(=O)[C@H](Cc2ccccc2)NC(=O)c2ccc(F)cc2)cc1C#N. The van der Waals surface area contributed by atoms with Crippen molar-refractivity contribution >= 4 is 21.7 Å². The van der Waals surface area contributed by atoms with Gasteiger partial charge >= 0.3 is 0 Å². The number of rotatable bonds is 9. The second kappa shape index (κ2) is 11.5. The molecule has 0 aliphatic carbocycles. The van der Waals surface area contributed by atoms with Crippen LogP contribution in [0.5, 0.6) is 0 Å². The third kappa shape index (κ3) is 7.81. The largest absolute Gasteiger partial charge is 0.342 e. The van der Waals surface area contributed by atoms with Crippen molar-refractivity contribution in [2.24, 2.45) is 0 Å². The van der Waals surface area contributed by atoms with E-state index >= 15 is 0 Å². The van der Waals surface area contributed by atoms with Crippen LogP contribution in [0.4, 0.5) is 4.39 Å². The number of hydrogen-bond donors (Lipinski definition) is 2. The monoisotopic (exact) mass is 521 g/mol. The zero-order valence-corrected chi connectivity index (χ0v) is 21.6. The molecule has 0 aliphatic rings. The highest BCUT2D eigenvalue weighted by Gasteiger charge is 2.26. The van der Waals surface area contributed by atoms with Gasteiger partial charge in [-0.05, 0) is 74.7 Å². The molecule has 0 unspecified atom stereocenters. The highest BCUT2D eigenvalue weighted by molar-refractivity contribution is 7.89. The maximum absolute atomic E-state index is 13.3. The van der Waals surface area contributed by atoms with E-state index < -0.39 is 33.3 Å². The van der Waals surface area contributed by atoms with E-state index in [-0.39, 0.29) is 34.6 Å². The van der Waals surface area contributed by atoms with Gasteiger partial charge in [-0.3, -0.25) is 9.59 Å². The molecule has 7 nitrogen and oxygen atoms in total. The molecule has 0 radical (unpaired) electrons. The molecule has 192 valence electrons. The Morgan fingerprint density at radius 1 is 0.973 bits per heavy atom. The zero-order chi connectivity index (χ0) is 27.2. The lowest BCUT2D eigenvalue weighted by atomic mass is 9.96. The summed E-state index contributed by atoms with van der Waals surface area (Å²) in [6.07, 6.45) is 0.0859. The molecular formula is C28H28FN3O4S. The van der Waals surface area contributed by atoms with Crippen molar-refractivity contribution in [3.63, 3.8) is 0 Å². The third-order valence-corrected chi connectivity index (χ3v) is 7.17. The molecule has 2 N–H and O–H groups in total. The summed E-state index contributed by atoms with van der Waals surface area (Å²) < 4.78 is 41.3. The lowest BCUT2D eigenvalue weighted by Gasteiger charge is -2.21. The van der Waals surface area contributed by atoms with Crippen molar-refractivity contribution in [1.82, 2.24) is 10.0 Å². The van der Waals surface area contributed by atoms with Gasteiger partial charge in [0.2, 0.25) is 10.0 Å². The summed E-state index contributed by atoms with van der Waals surface area (Å²) in [6, 6.07) is 19.3. The van der Waals surface area contributed by atoms with Gasteiger partial charge in [-0.15, -0.1) is 0 Å². The second-order valence-electron chi connectivity index (χ2n) is 9.66. The smallest absolute Gasteiger partial charge is 0.251 e. The van der Waals surface area contributed by atoms with Crippen LogP contribution in [0.1, 0.15) is 47.8 Å². The highest BCUT2D eigenvalue weighted by Crippen LogP contribution is 2.20. The van der Waals surface area contributed by atoms with Crippen molar-refractivity contribution in [2.75, 3.05) is 0 Å². The van der Waals surface area contributed by atoms with Crippen LogP contribution in [-0.4, -0.2) is 31.7 Å². The Balaban J connectivity index is 1.85. The Kier molecular flexibility index (Phi) is 8.58. The highest BCUT2D eigenvalue weighted by atomic mass is 32.2. The number of hydrogen-bond acceptors (Lipinski definition) is 5. The normalized spacial score (nSPS) is 12.4. The summed E-state index contributed by atoms with van der Waals surface area (Å²) in [5, 5.41) is 12.3. The van der Waals surface area contributed by atoms with Crippen molar-refractivity contribution in [3.05, 3.63) is 101 Å². The maximum Gasteiger partial charge on any atom is 0.251 e. The topological polar surface area (TPSA) is 116 Å². The molecule has 0 heterocycles. The molecule has 3 rings (SSSR count). The van der Waals surface area contributed by atoms with Crippen LogP contribution in [-0.2, 0) is 27.7 Å². The molecular weight excluding hydrogens is 493 g/mol. The number of benzene rings is 3. The van der Waals surface area contributed by atoms with Crippen LogP contribution in [0.25, 0.3) is 0 Å². The van der Waals surface area contributed by atoms with Gasteiger partial charge < -0.3 is 5.32 Å². The van der Waals surface area contributed by atoms with Crippen LogP contribution in [0.15, 0.2) is 77.7 Å². The second-order valence-corrected chi connectivity index (χ2v) is 11.3. The molecule has 3 aromatic carbocycles. The van der Waals surface area contributed by atoms with Gasteiger partial charge in [0.15, 0.2) is 5.78 Å². The number of carbonyl (C=O) groups is 2. The fourth-order valence-electron chi connectivity index (χ4n) is 3.73. The first kappa shape index (κ1) is 27.7. The minimum absolute atomic E-state index is 0.0861. The van der Waals surface area contributed by atoms with E-state index in [1.807, 2.05) is 36.4 Å². The summed E-state index contributed by atoms with van der Waals surface area (Å²) in [4.78, 5) is 25.9. The minimum Gasteiger partial charge on any atom is -0.342 e. The van der Waals surface area contributed by atoms with Crippen LogP contribution in [0.2, 0.25) is 0 Å². The molecule has 0 bridgehead atoms. The van der Waals surface area contributed by atoms with Gasteiger partial charge in [-0.2, -0.15) is 5.26 Å². The van der Waals surface area contributed by atoms with Crippen molar-refractivity contribution in [3.8, 4) is 6.07 Å². The molecule has 0 aliphatic heterocycles. The van der Waals surface area contributed by atoms with E-state index in [4.69, 9.17) is 0 Å². The molecule has 9 heteroatoms. The summed E-state index contributed by atoms with van der Waals surface area (Å²) in [6.45, 7) is 5.07. The molecule has 0 fully saturated rings. The Labute approximate surface area is 216 Å². The number of nitrogens with one attached hydrogen (secondary N) is 2. The van der Waals surface area contributed by atoms with Crippen molar-refractivity contribution < 1.29 is 22.4 Å².